The van der Waals surface area contributed by atoms with Gasteiger partial charge in [-0.25, -0.2) is 0 Å². The summed E-state index contributed by atoms with van der Waals surface area (Å²) in [6.45, 7) is 7.16. The van der Waals surface area contributed by atoms with Crippen molar-refractivity contribution >= 4 is 16.6 Å². The maximum absolute atomic E-state index is 4.38. The number of hydrogen-bond donors (Lipinski definition) is 1. The Bertz CT molecular complexity index is 603. The van der Waals surface area contributed by atoms with Crippen LogP contribution in [0.4, 0.5) is 5.69 Å². The molecule has 0 spiro atoms. The van der Waals surface area contributed by atoms with Gasteiger partial charge < -0.3 is 5.32 Å². The molecular formula is C18H24N2. The predicted octanol–water partition coefficient (Wildman–Crippen LogP) is 4.86. The third kappa shape index (κ3) is 2.95. The van der Waals surface area contributed by atoms with Gasteiger partial charge in [-0.05, 0) is 54.9 Å². The lowest BCUT2D eigenvalue weighted by molar-refractivity contribution is 0.178. The van der Waals surface area contributed by atoms with E-state index < -0.39 is 0 Å². The highest BCUT2D eigenvalue weighted by Crippen LogP contribution is 2.39. The lowest BCUT2D eigenvalue weighted by atomic mass is 9.70. The van der Waals surface area contributed by atoms with Crippen LogP contribution >= 0.6 is 0 Å². The SMILES string of the molecule is CC1CC(Nc2ccc3ncccc3c2)CC(C)(C)C1. The molecule has 1 saturated carbocycles. The van der Waals surface area contributed by atoms with Crippen molar-refractivity contribution in [2.24, 2.45) is 11.3 Å². The Morgan fingerprint density at radius 2 is 2.05 bits per heavy atom. The largest absolute Gasteiger partial charge is 0.382 e. The molecule has 2 atom stereocenters. The van der Waals surface area contributed by atoms with E-state index in [1.54, 1.807) is 0 Å². The fourth-order valence-electron chi connectivity index (χ4n) is 3.86. The van der Waals surface area contributed by atoms with Crippen LogP contribution in [0.3, 0.4) is 0 Å². The zero-order chi connectivity index (χ0) is 14.2. The minimum Gasteiger partial charge on any atom is -0.382 e. The molecular weight excluding hydrogens is 244 g/mol. The first-order chi connectivity index (χ1) is 9.52. The minimum absolute atomic E-state index is 0.452. The Hall–Kier alpha value is -1.57. The first kappa shape index (κ1) is 13.4. The molecule has 0 aliphatic heterocycles. The third-order valence-electron chi connectivity index (χ3n) is 4.36. The molecule has 1 fully saturated rings. The quantitative estimate of drug-likeness (QED) is 0.841. The molecule has 3 rings (SSSR count). The summed E-state index contributed by atoms with van der Waals surface area (Å²) in [5.74, 6) is 0.804. The molecule has 1 aliphatic rings. The highest BCUT2D eigenvalue weighted by molar-refractivity contribution is 5.82. The van der Waals surface area contributed by atoms with Crippen LogP contribution in [0.15, 0.2) is 36.5 Å². The molecule has 106 valence electrons. The highest BCUT2D eigenvalue weighted by Gasteiger charge is 2.31. The van der Waals surface area contributed by atoms with Gasteiger partial charge in [0.15, 0.2) is 0 Å². The Labute approximate surface area is 121 Å². The Balaban J connectivity index is 1.78. The average molecular weight is 268 g/mol. The number of nitrogens with one attached hydrogen (secondary N) is 1. The summed E-state index contributed by atoms with van der Waals surface area (Å²) >= 11 is 0. The van der Waals surface area contributed by atoms with Crippen LogP contribution in [0.5, 0.6) is 0 Å². The molecule has 1 aromatic carbocycles. The number of pyridine rings is 1. The number of rotatable bonds is 2. The zero-order valence-electron chi connectivity index (χ0n) is 12.7. The average Bonchev–Trinajstić information content (AvgIpc) is 2.36. The fourth-order valence-corrected chi connectivity index (χ4v) is 3.86. The summed E-state index contributed by atoms with van der Waals surface area (Å²) < 4.78 is 0. The second-order valence-electron chi connectivity index (χ2n) is 7.17. The molecule has 2 aromatic rings. The molecule has 2 nitrogen and oxygen atoms in total. The normalized spacial score (nSPS) is 25.6. The predicted molar refractivity (Wildman–Crippen MR) is 85.9 cm³/mol. The van der Waals surface area contributed by atoms with E-state index >= 15 is 0 Å². The standard InChI is InChI=1S/C18H24N2/c1-13-9-16(12-18(2,3)11-13)20-15-6-7-17-14(10-15)5-4-8-19-17/h4-8,10,13,16,20H,9,11-12H2,1-3H3. The second kappa shape index (κ2) is 5.08. The summed E-state index contributed by atoms with van der Waals surface area (Å²) in [6.07, 6.45) is 5.71. The summed E-state index contributed by atoms with van der Waals surface area (Å²) in [4.78, 5) is 4.38. The van der Waals surface area contributed by atoms with Gasteiger partial charge in [0.25, 0.3) is 0 Å². The van der Waals surface area contributed by atoms with Crippen molar-refractivity contribution in [1.29, 1.82) is 0 Å². The van der Waals surface area contributed by atoms with E-state index in [1.807, 2.05) is 12.3 Å². The molecule has 20 heavy (non-hydrogen) atoms. The van der Waals surface area contributed by atoms with Crippen molar-refractivity contribution in [3.63, 3.8) is 0 Å². The van der Waals surface area contributed by atoms with Crippen LogP contribution in [0.25, 0.3) is 10.9 Å². The zero-order valence-corrected chi connectivity index (χ0v) is 12.7. The number of anilines is 1. The monoisotopic (exact) mass is 268 g/mol. The highest BCUT2D eigenvalue weighted by atomic mass is 14.9. The van der Waals surface area contributed by atoms with Crippen LogP contribution < -0.4 is 5.32 Å². The molecule has 1 aromatic heterocycles. The molecule has 2 heteroatoms. The Morgan fingerprint density at radius 3 is 2.85 bits per heavy atom. The van der Waals surface area contributed by atoms with Gasteiger partial charge in [0.05, 0.1) is 5.52 Å². The third-order valence-corrected chi connectivity index (χ3v) is 4.36. The van der Waals surface area contributed by atoms with E-state index in [-0.39, 0.29) is 0 Å². The summed E-state index contributed by atoms with van der Waals surface area (Å²) in [6, 6.07) is 11.2. The molecule has 1 N–H and O–H groups in total. The topological polar surface area (TPSA) is 24.9 Å². The second-order valence-corrected chi connectivity index (χ2v) is 7.17. The van der Waals surface area contributed by atoms with Gasteiger partial charge in [-0.1, -0.05) is 26.8 Å². The van der Waals surface area contributed by atoms with Gasteiger partial charge in [-0.2, -0.15) is 0 Å². The Morgan fingerprint density at radius 1 is 1.20 bits per heavy atom. The van der Waals surface area contributed by atoms with Crippen molar-refractivity contribution in [3.05, 3.63) is 36.5 Å². The van der Waals surface area contributed by atoms with Crippen molar-refractivity contribution in [1.82, 2.24) is 4.98 Å². The van der Waals surface area contributed by atoms with Crippen LogP contribution in [0.2, 0.25) is 0 Å². The van der Waals surface area contributed by atoms with Gasteiger partial charge in [-0.3, -0.25) is 4.98 Å². The number of nitrogens with zero attached hydrogens (tertiary/aromatic N) is 1. The molecule has 1 aliphatic carbocycles. The first-order valence-corrected chi connectivity index (χ1v) is 7.63. The molecule has 1 heterocycles. The number of benzene rings is 1. The van der Waals surface area contributed by atoms with Crippen molar-refractivity contribution in [2.45, 2.75) is 46.1 Å². The van der Waals surface area contributed by atoms with E-state index in [4.69, 9.17) is 0 Å². The van der Waals surface area contributed by atoms with Gasteiger partial charge in [0.2, 0.25) is 0 Å². The van der Waals surface area contributed by atoms with Crippen molar-refractivity contribution in [3.8, 4) is 0 Å². The van der Waals surface area contributed by atoms with Gasteiger partial charge >= 0.3 is 0 Å². The lowest BCUT2D eigenvalue weighted by Crippen LogP contribution is -2.35. The molecule has 2 unspecified atom stereocenters. The Kier molecular flexibility index (Phi) is 3.41. The van der Waals surface area contributed by atoms with Gasteiger partial charge in [-0.15, -0.1) is 0 Å². The van der Waals surface area contributed by atoms with E-state index in [0.29, 0.717) is 11.5 Å². The maximum Gasteiger partial charge on any atom is 0.0703 e. The summed E-state index contributed by atoms with van der Waals surface area (Å²) in [7, 11) is 0. The lowest BCUT2D eigenvalue weighted by Gasteiger charge is -2.39. The molecule has 0 radical (unpaired) electrons. The van der Waals surface area contributed by atoms with Crippen molar-refractivity contribution in [2.75, 3.05) is 5.32 Å². The van der Waals surface area contributed by atoms with E-state index in [9.17, 15) is 0 Å². The van der Waals surface area contributed by atoms with Crippen LogP contribution in [0.1, 0.15) is 40.0 Å². The van der Waals surface area contributed by atoms with Crippen LogP contribution in [-0.4, -0.2) is 11.0 Å². The number of fused-ring (bicyclic) bond motifs is 1. The van der Waals surface area contributed by atoms with Crippen LogP contribution in [0, 0.1) is 11.3 Å². The number of aromatic nitrogens is 1. The van der Waals surface area contributed by atoms with E-state index in [0.717, 1.165) is 11.4 Å². The fraction of sp³-hybridized carbons (Fsp3) is 0.500. The first-order valence-electron chi connectivity index (χ1n) is 7.63. The number of hydrogen-bond acceptors (Lipinski definition) is 2. The molecule has 0 amide bonds. The molecule has 0 saturated heterocycles. The van der Waals surface area contributed by atoms with Gasteiger partial charge in [0.1, 0.15) is 0 Å². The van der Waals surface area contributed by atoms with E-state index in [1.165, 1.54) is 30.3 Å². The van der Waals surface area contributed by atoms with Crippen molar-refractivity contribution < 1.29 is 0 Å². The maximum atomic E-state index is 4.38. The van der Waals surface area contributed by atoms with Gasteiger partial charge in [0, 0.05) is 23.3 Å². The summed E-state index contributed by atoms with van der Waals surface area (Å²) in [5, 5.41) is 4.94. The summed E-state index contributed by atoms with van der Waals surface area (Å²) in [5.41, 5.74) is 2.74. The minimum atomic E-state index is 0.452. The van der Waals surface area contributed by atoms with E-state index in [2.05, 4.69) is 55.3 Å². The van der Waals surface area contributed by atoms with Crippen LogP contribution in [-0.2, 0) is 0 Å². The smallest absolute Gasteiger partial charge is 0.0703 e. The molecule has 0 bridgehead atoms.